The maximum atomic E-state index is 11.7. The molecule has 116 valence electrons. The molecule has 4 heteroatoms. The van der Waals surface area contributed by atoms with Crippen LogP contribution in [0.25, 0.3) is 0 Å². The Labute approximate surface area is 127 Å². The lowest BCUT2D eigenvalue weighted by Crippen LogP contribution is -2.29. The standard InChI is InChI=1S/C17H27N3O/c1-17(2,3)12-6-5-10-20(11-9-12)15-13(16(19)21)7-4-8-14(15)18/h4,7-8,12H,5-6,9-11,18H2,1-3H3,(H2,19,21). The first-order valence-electron chi connectivity index (χ1n) is 7.74. The second-order valence-electron chi connectivity index (χ2n) is 7.09. The van der Waals surface area contributed by atoms with Gasteiger partial charge in [-0.2, -0.15) is 0 Å². The third-order valence-electron chi connectivity index (χ3n) is 4.60. The molecule has 1 amide bonds. The maximum Gasteiger partial charge on any atom is 0.250 e. The Balaban J connectivity index is 2.26. The summed E-state index contributed by atoms with van der Waals surface area (Å²) < 4.78 is 0. The SMILES string of the molecule is CC(C)(C)C1CCCN(c2c(N)cccc2C(N)=O)CC1. The Kier molecular flexibility index (Phi) is 4.45. The number of hydrogen-bond donors (Lipinski definition) is 2. The first-order chi connectivity index (χ1) is 9.80. The highest BCUT2D eigenvalue weighted by Crippen LogP contribution is 2.37. The lowest BCUT2D eigenvalue weighted by Gasteiger charge is -2.30. The van der Waals surface area contributed by atoms with E-state index in [1.165, 1.54) is 6.42 Å². The molecule has 0 bridgehead atoms. The van der Waals surface area contributed by atoms with E-state index in [0.717, 1.165) is 31.6 Å². The molecule has 0 aromatic heterocycles. The molecule has 0 spiro atoms. The summed E-state index contributed by atoms with van der Waals surface area (Å²) in [4.78, 5) is 13.9. The summed E-state index contributed by atoms with van der Waals surface area (Å²) in [6.45, 7) is 8.77. The van der Waals surface area contributed by atoms with Crippen LogP contribution in [-0.2, 0) is 0 Å². The van der Waals surface area contributed by atoms with Crippen molar-refractivity contribution < 1.29 is 4.79 Å². The molecule has 0 saturated carbocycles. The fourth-order valence-electron chi connectivity index (χ4n) is 3.30. The van der Waals surface area contributed by atoms with Gasteiger partial charge in [0.2, 0.25) is 0 Å². The molecular weight excluding hydrogens is 262 g/mol. The van der Waals surface area contributed by atoms with Crippen molar-refractivity contribution in [2.45, 2.75) is 40.0 Å². The molecule has 1 heterocycles. The molecule has 4 N–H and O–H groups in total. The molecule has 1 aromatic rings. The van der Waals surface area contributed by atoms with Gasteiger partial charge >= 0.3 is 0 Å². The number of hydrogen-bond acceptors (Lipinski definition) is 3. The zero-order chi connectivity index (χ0) is 15.6. The van der Waals surface area contributed by atoms with E-state index in [2.05, 4.69) is 25.7 Å². The van der Waals surface area contributed by atoms with Crippen molar-refractivity contribution >= 4 is 17.3 Å². The predicted octanol–water partition coefficient (Wildman–Crippen LogP) is 3.02. The molecule has 1 atom stereocenters. The van der Waals surface area contributed by atoms with Gasteiger partial charge in [-0.25, -0.2) is 0 Å². The molecule has 4 nitrogen and oxygen atoms in total. The van der Waals surface area contributed by atoms with Gasteiger partial charge in [-0.1, -0.05) is 26.8 Å². The summed E-state index contributed by atoms with van der Waals surface area (Å²) in [7, 11) is 0. The van der Waals surface area contributed by atoms with E-state index < -0.39 is 5.91 Å². The van der Waals surface area contributed by atoms with Gasteiger partial charge in [0.05, 0.1) is 16.9 Å². The number of para-hydroxylation sites is 1. The molecular formula is C17H27N3O. The van der Waals surface area contributed by atoms with Crippen LogP contribution < -0.4 is 16.4 Å². The predicted molar refractivity (Wildman–Crippen MR) is 88.4 cm³/mol. The van der Waals surface area contributed by atoms with Gasteiger partial charge in [0.25, 0.3) is 5.91 Å². The van der Waals surface area contributed by atoms with Crippen LogP contribution in [0.2, 0.25) is 0 Å². The van der Waals surface area contributed by atoms with Crippen molar-refractivity contribution in [3.05, 3.63) is 23.8 Å². The van der Waals surface area contributed by atoms with Crippen LogP contribution in [0.4, 0.5) is 11.4 Å². The number of carbonyl (C=O) groups is 1. The van der Waals surface area contributed by atoms with E-state index in [-0.39, 0.29) is 0 Å². The first kappa shape index (κ1) is 15.7. The number of primary amides is 1. The molecule has 0 radical (unpaired) electrons. The highest BCUT2D eigenvalue weighted by molar-refractivity contribution is 6.01. The summed E-state index contributed by atoms with van der Waals surface area (Å²) in [5.41, 5.74) is 13.9. The minimum atomic E-state index is -0.408. The Morgan fingerprint density at radius 1 is 1.24 bits per heavy atom. The highest BCUT2D eigenvalue weighted by Gasteiger charge is 2.28. The molecule has 1 aromatic carbocycles. The van der Waals surface area contributed by atoms with Gasteiger partial charge in [0, 0.05) is 13.1 Å². The van der Waals surface area contributed by atoms with Crippen LogP contribution in [0, 0.1) is 11.3 Å². The van der Waals surface area contributed by atoms with E-state index in [4.69, 9.17) is 11.5 Å². The van der Waals surface area contributed by atoms with Gasteiger partial charge < -0.3 is 16.4 Å². The fourth-order valence-corrected chi connectivity index (χ4v) is 3.30. The van der Waals surface area contributed by atoms with Crippen LogP contribution >= 0.6 is 0 Å². The number of carbonyl (C=O) groups excluding carboxylic acids is 1. The third-order valence-corrected chi connectivity index (χ3v) is 4.60. The second kappa shape index (κ2) is 5.96. The lowest BCUT2D eigenvalue weighted by molar-refractivity contribution is 0.100. The number of nitrogens with zero attached hydrogens (tertiary/aromatic N) is 1. The molecule has 0 aliphatic carbocycles. The maximum absolute atomic E-state index is 11.7. The van der Waals surface area contributed by atoms with Crippen LogP contribution in [-0.4, -0.2) is 19.0 Å². The molecule has 1 unspecified atom stereocenters. The second-order valence-corrected chi connectivity index (χ2v) is 7.09. The van der Waals surface area contributed by atoms with Crippen molar-refractivity contribution in [3.8, 4) is 0 Å². The van der Waals surface area contributed by atoms with Crippen molar-refractivity contribution in [1.82, 2.24) is 0 Å². The van der Waals surface area contributed by atoms with Gasteiger partial charge in [0.1, 0.15) is 0 Å². The summed E-state index contributed by atoms with van der Waals surface area (Å²) in [6, 6.07) is 5.39. The van der Waals surface area contributed by atoms with E-state index in [1.54, 1.807) is 12.1 Å². The average molecular weight is 289 g/mol. The quantitative estimate of drug-likeness (QED) is 0.822. The monoisotopic (exact) mass is 289 g/mol. The normalized spacial score (nSPS) is 20.1. The smallest absolute Gasteiger partial charge is 0.250 e. The Morgan fingerprint density at radius 2 is 1.95 bits per heavy atom. The summed E-state index contributed by atoms with van der Waals surface area (Å²) >= 11 is 0. The zero-order valence-corrected chi connectivity index (χ0v) is 13.4. The molecule has 1 saturated heterocycles. The Morgan fingerprint density at radius 3 is 2.57 bits per heavy atom. The lowest BCUT2D eigenvalue weighted by atomic mass is 9.77. The van der Waals surface area contributed by atoms with E-state index in [1.807, 2.05) is 6.07 Å². The molecule has 1 aliphatic rings. The summed E-state index contributed by atoms with van der Waals surface area (Å²) in [6.07, 6.45) is 3.46. The van der Waals surface area contributed by atoms with Gasteiger partial charge in [-0.15, -0.1) is 0 Å². The zero-order valence-electron chi connectivity index (χ0n) is 13.4. The van der Waals surface area contributed by atoms with E-state index >= 15 is 0 Å². The van der Waals surface area contributed by atoms with E-state index in [0.29, 0.717) is 22.6 Å². The molecule has 21 heavy (non-hydrogen) atoms. The number of rotatable bonds is 2. The number of benzene rings is 1. The molecule has 1 fully saturated rings. The minimum absolute atomic E-state index is 0.324. The van der Waals surface area contributed by atoms with Crippen molar-refractivity contribution in [3.63, 3.8) is 0 Å². The molecule has 1 aliphatic heterocycles. The third kappa shape index (κ3) is 3.49. The Bertz CT molecular complexity index is 519. The molecule has 2 rings (SSSR count). The van der Waals surface area contributed by atoms with Crippen molar-refractivity contribution in [2.75, 3.05) is 23.7 Å². The average Bonchev–Trinajstić information content (AvgIpc) is 2.63. The summed E-state index contributed by atoms with van der Waals surface area (Å²) in [5, 5.41) is 0. The number of anilines is 2. The number of nitrogen functional groups attached to an aromatic ring is 1. The minimum Gasteiger partial charge on any atom is -0.397 e. The van der Waals surface area contributed by atoms with Crippen LogP contribution in [0.5, 0.6) is 0 Å². The van der Waals surface area contributed by atoms with Crippen molar-refractivity contribution in [2.24, 2.45) is 17.1 Å². The van der Waals surface area contributed by atoms with Gasteiger partial charge in [-0.05, 0) is 42.7 Å². The van der Waals surface area contributed by atoms with Crippen LogP contribution in [0.15, 0.2) is 18.2 Å². The summed E-state index contributed by atoms with van der Waals surface area (Å²) in [5.74, 6) is 0.290. The van der Waals surface area contributed by atoms with Crippen LogP contribution in [0.1, 0.15) is 50.4 Å². The van der Waals surface area contributed by atoms with Gasteiger partial charge in [-0.3, -0.25) is 4.79 Å². The Hall–Kier alpha value is -1.71. The highest BCUT2D eigenvalue weighted by atomic mass is 16.1. The first-order valence-corrected chi connectivity index (χ1v) is 7.74. The fraction of sp³-hybridized carbons (Fsp3) is 0.588. The largest absolute Gasteiger partial charge is 0.397 e. The number of amides is 1. The van der Waals surface area contributed by atoms with Gasteiger partial charge in [0.15, 0.2) is 0 Å². The van der Waals surface area contributed by atoms with Crippen LogP contribution in [0.3, 0.4) is 0 Å². The van der Waals surface area contributed by atoms with E-state index in [9.17, 15) is 4.79 Å². The topological polar surface area (TPSA) is 72.3 Å². The number of nitrogens with two attached hydrogens (primary N) is 2. The van der Waals surface area contributed by atoms with Crippen molar-refractivity contribution in [1.29, 1.82) is 0 Å².